The van der Waals surface area contributed by atoms with Crippen molar-refractivity contribution in [1.82, 2.24) is 4.98 Å². The molecule has 4 heteroatoms. The van der Waals surface area contributed by atoms with E-state index in [9.17, 15) is 5.11 Å². The maximum absolute atomic E-state index is 9.44. The van der Waals surface area contributed by atoms with Crippen molar-refractivity contribution >= 4 is 5.82 Å². The van der Waals surface area contributed by atoms with Crippen LogP contribution in [0.25, 0.3) is 0 Å². The van der Waals surface area contributed by atoms with Gasteiger partial charge in [-0.1, -0.05) is 0 Å². The summed E-state index contributed by atoms with van der Waals surface area (Å²) in [6, 6.07) is 3.64. The molecule has 1 aromatic heterocycles. The highest BCUT2D eigenvalue weighted by molar-refractivity contribution is 5.41. The van der Waals surface area contributed by atoms with Crippen LogP contribution >= 0.6 is 0 Å². The number of anilines is 1. The number of hydrogen-bond acceptors (Lipinski definition) is 4. The number of pyridine rings is 1. The average Bonchev–Trinajstić information content (AvgIpc) is 2.26. The second-order valence-electron chi connectivity index (χ2n) is 3.43. The topological polar surface area (TPSA) is 56.6 Å². The molecule has 0 saturated heterocycles. The van der Waals surface area contributed by atoms with Gasteiger partial charge in [0, 0.05) is 19.3 Å². The minimum absolute atomic E-state index is 0.106. The van der Waals surface area contributed by atoms with Gasteiger partial charge in [-0.2, -0.15) is 0 Å². The molecule has 0 aromatic carbocycles. The normalized spacial score (nSPS) is 12.5. The lowest BCUT2D eigenvalue weighted by Crippen LogP contribution is -2.27. The van der Waals surface area contributed by atoms with Gasteiger partial charge in [0.25, 0.3) is 0 Å². The molecule has 1 aromatic rings. The van der Waals surface area contributed by atoms with Gasteiger partial charge in [0.2, 0.25) is 0 Å². The van der Waals surface area contributed by atoms with Gasteiger partial charge in [0.15, 0.2) is 0 Å². The second-order valence-corrected chi connectivity index (χ2v) is 3.43. The molecule has 0 unspecified atom stereocenters. The van der Waals surface area contributed by atoms with Crippen molar-refractivity contribution in [2.45, 2.75) is 20.0 Å². The molecule has 0 radical (unpaired) electrons. The van der Waals surface area contributed by atoms with Crippen LogP contribution in [0.2, 0.25) is 0 Å². The lowest BCUT2D eigenvalue weighted by Gasteiger charge is -2.21. The van der Waals surface area contributed by atoms with Crippen LogP contribution in [0.3, 0.4) is 0 Å². The fourth-order valence-electron chi connectivity index (χ4n) is 1.42. The number of aliphatic hydroxyl groups is 2. The van der Waals surface area contributed by atoms with E-state index in [4.69, 9.17) is 5.11 Å². The minimum Gasteiger partial charge on any atom is -0.395 e. The number of aliphatic hydroxyl groups excluding tert-OH is 2. The third kappa shape index (κ3) is 3.18. The maximum Gasteiger partial charge on any atom is 0.128 e. The van der Waals surface area contributed by atoms with E-state index in [0.29, 0.717) is 6.54 Å². The van der Waals surface area contributed by atoms with Crippen molar-refractivity contribution in [3.05, 3.63) is 23.9 Å². The van der Waals surface area contributed by atoms with Crippen LogP contribution in [0.1, 0.15) is 25.5 Å². The summed E-state index contributed by atoms with van der Waals surface area (Å²) in [5.74, 6) is 0.796. The highest BCUT2D eigenvalue weighted by atomic mass is 16.3. The van der Waals surface area contributed by atoms with E-state index in [2.05, 4.69) is 4.98 Å². The molecule has 1 heterocycles. The van der Waals surface area contributed by atoms with Gasteiger partial charge in [-0.3, -0.25) is 0 Å². The van der Waals surface area contributed by atoms with Crippen LogP contribution in [0.15, 0.2) is 18.3 Å². The fourth-order valence-corrected chi connectivity index (χ4v) is 1.42. The molecule has 0 bridgehead atoms. The van der Waals surface area contributed by atoms with Crippen LogP contribution in [0.5, 0.6) is 0 Å². The Morgan fingerprint density at radius 1 is 1.53 bits per heavy atom. The van der Waals surface area contributed by atoms with E-state index in [0.717, 1.165) is 17.9 Å². The Bertz CT molecular complexity index is 302. The average molecular weight is 210 g/mol. The molecule has 0 saturated carbocycles. The summed E-state index contributed by atoms with van der Waals surface area (Å²) in [6.07, 6.45) is 1.19. The fraction of sp³-hybridized carbons (Fsp3) is 0.545. The van der Waals surface area contributed by atoms with Gasteiger partial charge in [0.1, 0.15) is 5.82 Å². The third-order valence-electron chi connectivity index (χ3n) is 2.33. The molecule has 0 fully saturated rings. The molecular formula is C11H18N2O2. The largest absolute Gasteiger partial charge is 0.395 e. The van der Waals surface area contributed by atoms with Gasteiger partial charge in [-0.15, -0.1) is 0 Å². The van der Waals surface area contributed by atoms with E-state index in [1.54, 1.807) is 19.2 Å². The third-order valence-corrected chi connectivity index (χ3v) is 2.33. The van der Waals surface area contributed by atoms with Crippen molar-refractivity contribution < 1.29 is 10.2 Å². The zero-order chi connectivity index (χ0) is 11.3. The monoisotopic (exact) mass is 210 g/mol. The number of likely N-dealkylation sites (N-methyl/N-ethyl adjacent to an activating group) is 1. The zero-order valence-corrected chi connectivity index (χ0v) is 9.22. The SMILES string of the molecule is CCN(CCO)c1cc([C@@H](C)O)ccn1. The zero-order valence-electron chi connectivity index (χ0n) is 9.22. The van der Waals surface area contributed by atoms with Crippen molar-refractivity contribution in [2.24, 2.45) is 0 Å². The first kappa shape index (κ1) is 11.9. The number of rotatable bonds is 5. The summed E-state index contributed by atoms with van der Waals surface area (Å²) in [7, 11) is 0. The predicted octanol–water partition coefficient (Wildman–Crippen LogP) is 0.953. The highest BCUT2D eigenvalue weighted by Gasteiger charge is 2.07. The van der Waals surface area contributed by atoms with Gasteiger partial charge < -0.3 is 15.1 Å². The Morgan fingerprint density at radius 3 is 2.80 bits per heavy atom. The predicted molar refractivity (Wildman–Crippen MR) is 59.8 cm³/mol. The van der Waals surface area contributed by atoms with E-state index < -0.39 is 6.10 Å². The van der Waals surface area contributed by atoms with E-state index in [1.807, 2.05) is 17.9 Å². The summed E-state index contributed by atoms with van der Waals surface area (Å²) in [6.45, 7) is 5.19. The molecule has 4 nitrogen and oxygen atoms in total. The quantitative estimate of drug-likeness (QED) is 0.760. The maximum atomic E-state index is 9.44. The van der Waals surface area contributed by atoms with Crippen molar-refractivity contribution in [1.29, 1.82) is 0 Å². The molecule has 0 aliphatic carbocycles. The molecule has 0 aliphatic rings. The van der Waals surface area contributed by atoms with E-state index in [1.165, 1.54) is 0 Å². The number of nitrogens with zero attached hydrogens (tertiary/aromatic N) is 2. The standard InChI is InChI=1S/C11H18N2O2/c1-3-13(6-7-14)11-8-10(9(2)15)4-5-12-11/h4-5,8-9,14-15H,3,6-7H2,1-2H3/t9-/m1/s1. The van der Waals surface area contributed by atoms with Crippen LogP contribution in [-0.4, -0.2) is 34.9 Å². The van der Waals surface area contributed by atoms with Gasteiger partial charge in [0.05, 0.1) is 12.7 Å². The lowest BCUT2D eigenvalue weighted by atomic mass is 10.1. The molecule has 0 amide bonds. The van der Waals surface area contributed by atoms with Gasteiger partial charge in [-0.25, -0.2) is 4.98 Å². The number of aromatic nitrogens is 1. The Balaban J connectivity index is 2.87. The summed E-state index contributed by atoms with van der Waals surface area (Å²) in [4.78, 5) is 6.18. The molecule has 0 aliphatic heterocycles. The van der Waals surface area contributed by atoms with Crippen molar-refractivity contribution in [2.75, 3.05) is 24.6 Å². The molecular weight excluding hydrogens is 192 g/mol. The van der Waals surface area contributed by atoms with Crippen molar-refractivity contribution in [3.63, 3.8) is 0 Å². The highest BCUT2D eigenvalue weighted by Crippen LogP contribution is 2.17. The Kier molecular flexibility index (Phi) is 4.52. The van der Waals surface area contributed by atoms with Crippen LogP contribution in [-0.2, 0) is 0 Å². The molecule has 0 spiro atoms. The van der Waals surface area contributed by atoms with Crippen LogP contribution < -0.4 is 4.90 Å². The first-order chi connectivity index (χ1) is 7.19. The van der Waals surface area contributed by atoms with E-state index in [-0.39, 0.29) is 6.61 Å². The molecule has 1 atom stereocenters. The minimum atomic E-state index is -0.486. The van der Waals surface area contributed by atoms with Gasteiger partial charge in [-0.05, 0) is 31.5 Å². The summed E-state index contributed by atoms with van der Waals surface area (Å²) < 4.78 is 0. The second kappa shape index (κ2) is 5.68. The van der Waals surface area contributed by atoms with Crippen molar-refractivity contribution in [3.8, 4) is 0 Å². The van der Waals surface area contributed by atoms with Gasteiger partial charge >= 0.3 is 0 Å². The molecule has 2 N–H and O–H groups in total. The summed E-state index contributed by atoms with van der Waals surface area (Å²) in [5, 5.41) is 18.3. The summed E-state index contributed by atoms with van der Waals surface area (Å²) in [5.41, 5.74) is 0.844. The lowest BCUT2D eigenvalue weighted by molar-refractivity contribution is 0.199. The van der Waals surface area contributed by atoms with Crippen LogP contribution in [0.4, 0.5) is 5.82 Å². The van der Waals surface area contributed by atoms with Crippen LogP contribution in [0, 0.1) is 0 Å². The smallest absolute Gasteiger partial charge is 0.128 e. The number of hydrogen-bond donors (Lipinski definition) is 2. The Hall–Kier alpha value is -1.13. The first-order valence-corrected chi connectivity index (χ1v) is 5.18. The Morgan fingerprint density at radius 2 is 2.27 bits per heavy atom. The summed E-state index contributed by atoms with van der Waals surface area (Å²) >= 11 is 0. The first-order valence-electron chi connectivity index (χ1n) is 5.18. The molecule has 15 heavy (non-hydrogen) atoms. The molecule has 84 valence electrons. The van der Waals surface area contributed by atoms with E-state index >= 15 is 0 Å². The molecule has 1 rings (SSSR count). The Labute approximate surface area is 90.2 Å².